The topological polar surface area (TPSA) is 171 Å². The van der Waals surface area contributed by atoms with Crippen molar-refractivity contribution in [1.82, 2.24) is 10.6 Å². The lowest BCUT2D eigenvalue weighted by molar-refractivity contribution is -0.125. The standard InChI is InChI=1S/C55H80N4O8/c1-6-8-9-12-31-66-50(63)33-41-23-28-53(36-41,38-56-3)67-48-35-44-34-45(51(48)64)59-52(57-4)58-29-14-16-42-15-13-27-55(42,37-40-18-21-46(61)47(32-40)65-5)49(62)22-20-43(54(44)25-10-11-26-54)19-17-39(7-2)24-30-60/h18,20-22,30,32,34-35,39,41-43,50,56,61,63-64H,6-13,15-17,19,23-28,31,33,36-38H2,1-5H3,(H2,57,58,59)/b22-20+/t39-,41-,42-,43-,50-,53-,55+/m0/s1. The molecule has 0 radical (unpaired) electrons. The first kappa shape index (κ1) is 51.8. The van der Waals surface area contributed by atoms with Gasteiger partial charge in [0.15, 0.2) is 35.1 Å². The molecule has 7 atom stereocenters. The van der Waals surface area contributed by atoms with Crippen LogP contribution in [0.5, 0.6) is 23.0 Å². The number of aromatic hydroxyl groups is 2. The zero-order chi connectivity index (χ0) is 47.9. The number of methoxy groups -OCH3 is 1. The molecular formula is C55H80N4O8. The number of aliphatic hydroxyl groups excluding tert-OH is 1. The van der Waals surface area contributed by atoms with Gasteiger partial charge in [0.05, 0.1) is 12.8 Å². The molecule has 0 amide bonds. The van der Waals surface area contributed by atoms with Crippen LogP contribution in [0.2, 0.25) is 0 Å². The number of phenolic OH excluding ortho intramolecular Hbond substituents is 2. The molecule has 2 aromatic carbocycles. The van der Waals surface area contributed by atoms with E-state index >= 15 is 4.79 Å². The maximum atomic E-state index is 15.2. The summed E-state index contributed by atoms with van der Waals surface area (Å²) in [6.07, 6.45) is 21.6. The third-order valence-electron chi connectivity index (χ3n) is 15.9. The van der Waals surface area contributed by atoms with Crippen LogP contribution in [-0.2, 0) is 26.2 Å². The average molecular weight is 925 g/mol. The van der Waals surface area contributed by atoms with E-state index < -0.39 is 22.7 Å². The number of hydrogen-bond acceptors (Lipinski definition) is 10. The summed E-state index contributed by atoms with van der Waals surface area (Å²) in [7, 11) is 5.13. The number of carbonyl (C=O) groups excluding carboxylic acids is 2. The van der Waals surface area contributed by atoms with Gasteiger partial charge >= 0.3 is 0 Å². The van der Waals surface area contributed by atoms with Gasteiger partial charge in [-0.2, -0.15) is 0 Å². The molecular weight excluding hydrogens is 845 g/mol. The quantitative estimate of drug-likeness (QED) is 0.0232. The lowest BCUT2D eigenvalue weighted by Gasteiger charge is -2.39. The summed E-state index contributed by atoms with van der Waals surface area (Å²) < 4.78 is 18.5. The molecule has 1 aliphatic heterocycles. The first-order chi connectivity index (χ1) is 32.5. The van der Waals surface area contributed by atoms with Gasteiger partial charge in [0.2, 0.25) is 5.96 Å². The summed E-state index contributed by atoms with van der Waals surface area (Å²) in [6.45, 7) is 5.42. The van der Waals surface area contributed by atoms with Crippen molar-refractivity contribution in [2.24, 2.45) is 34.1 Å². The van der Waals surface area contributed by atoms with E-state index in [0.717, 1.165) is 120 Å². The smallest absolute Gasteiger partial charge is 0.207 e. The van der Waals surface area contributed by atoms with Crippen LogP contribution in [0.3, 0.4) is 0 Å². The number of aliphatic imine (C=N–C) groups is 1. The predicted octanol–water partition coefficient (Wildman–Crippen LogP) is 9.88. The number of aliphatic hydroxyl groups is 1. The Hall–Kier alpha value is -4.57. The maximum absolute atomic E-state index is 15.2. The number of hydrogen-bond donors (Lipinski definition) is 6. The minimum Gasteiger partial charge on any atom is -0.504 e. The first-order valence-corrected chi connectivity index (χ1v) is 25.5. The van der Waals surface area contributed by atoms with Crippen molar-refractivity contribution >= 4 is 23.7 Å². The van der Waals surface area contributed by atoms with E-state index in [1.54, 1.807) is 13.1 Å². The van der Waals surface area contributed by atoms with Crippen molar-refractivity contribution in [3.63, 3.8) is 0 Å². The normalized spacial score (nSPS) is 26.8. The molecule has 3 aliphatic carbocycles. The molecule has 6 N–H and O–H groups in total. The summed E-state index contributed by atoms with van der Waals surface area (Å²) in [6, 6.07) is 12.6. The van der Waals surface area contributed by atoms with Gasteiger partial charge in [0.1, 0.15) is 11.9 Å². The van der Waals surface area contributed by atoms with Crippen LogP contribution < -0.4 is 25.4 Å². The van der Waals surface area contributed by atoms with E-state index in [2.05, 4.69) is 52.8 Å². The Morgan fingerprint density at radius 3 is 2.58 bits per heavy atom. The Bertz CT molecular complexity index is 2070. The molecule has 0 unspecified atom stereocenters. The minimum atomic E-state index is -0.837. The average Bonchev–Trinajstić information content (AvgIpc) is 4.08. The number of benzene rings is 2. The number of fused-ring (bicyclic) bond motifs is 4. The highest BCUT2D eigenvalue weighted by atomic mass is 16.6. The van der Waals surface area contributed by atoms with Gasteiger partial charge in [-0.15, -0.1) is 0 Å². The second-order valence-corrected chi connectivity index (χ2v) is 20.1. The van der Waals surface area contributed by atoms with Crippen LogP contribution in [0.15, 0.2) is 47.5 Å². The number of rotatable bonds is 21. The molecule has 4 aliphatic rings. The molecule has 67 heavy (non-hydrogen) atoms. The van der Waals surface area contributed by atoms with E-state index in [-0.39, 0.29) is 41.0 Å². The number of allylic oxidation sites excluding steroid dienone is 2. The van der Waals surface area contributed by atoms with Crippen molar-refractivity contribution < 1.29 is 39.1 Å². The van der Waals surface area contributed by atoms with Crippen LogP contribution >= 0.6 is 0 Å². The molecule has 368 valence electrons. The van der Waals surface area contributed by atoms with Crippen LogP contribution in [0.25, 0.3) is 0 Å². The largest absolute Gasteiger partial charge is 0.504 e. The second-order valence-electron chi connectivity index (χ2n) is 20.1. The van der Waals surface area contributed by atoms with Gasteiger partial charge in [-0.1, -0.05) is 76.9 Å². The van der Waals surface area contributed by atoms with E-state index in [1.165, 1.54) is 7.11 Å². The SMILES string of the molecule is CCCCCCO[C@H](O)C[C@@H]1CC[C@](CNC)(Oc2cc3cc(c2O)NC(=NC)NC#CC[C@@H]2CCC[C@]2(Cc2ccc(O)c(OC)c2)C(=O)/C=C/[C@H](CC[C@H](CC)CC=O)C32CCCC2)C1. The zero-order valence-electron chi connectivity index (χ0n) is 41.1. The summed E-state index contributed by atoms with van der Waals surface area (Å²) >= 11 is 0. The van der Waals surface area contributed by atoms with Crippen LogP contribution in [-0.4, -0.2) is 79.6 Å². The monoisotopic (exact) mass is 925 g/mol. The van der Waals surface area contributed by atoms with Crippen molar-refractivity contribution in [3.8, 4) is 35.0 Å². The fourth-order valence-corrected chi connectivity index (χ4v) is 12.1. The van der Waals surface area contributed by atoms with Gasteiger partial charge in [-0.3, -0.25) is 15.1 Å². The van der Waals surface area contributed by atoms with Gasteiger partial charge < -0.3 is 45.0 Å². The number of phenols is 2. The zero-order valence-corrected chi connectivity index (χ0v) is 41.1. The summed E-state index contributed by atoms with van der Waals surface area (Å²) in [4.78, 5) is 31.6. The van der Waals surface area contributed by atoms with E-state index in [4.69, 9.17) is 14.2 Å². The molecule has 3 saturated carbocycles. The maximum Gasteiger partial charge on any atom is 0.207 e. The van der Waals surface area contributed by atoms with E-state index in [0.29, 0.717) is 68.4 Å². The second kappa shape index (κ2) is 24.6. The fraction of sp³-hybridized carbons (Fsp3) is 0.655. The number of anilines is 1. The summed E-state index contributed by atoms with van der Waals surface area (Å²) in [5.41, 5.74) is 0.615. The van der Waals surface area contributed by atoms with Crippen molar-refractivity contribution in [3.05, 3.63) is 53.6 Å². The van der Waals surface area contributed by atoms with Crippen LogP contribution in [0, 0.1) is 41.1 Å². The van der Waals surface area contributed by atoms with Gasteiger partial charge in [0.25, 0.3) is 0 Å². The number of likely N-dealkylation sites (N-methyl/N-ethyl adjacent to an activating group) is 1. The molecule has 2 aromatic rings. The Labute approximate surface area is 400 Å². The molecule has 0 aromatic heterocycles. The molecule has 1 heterocycles. The van der Waals surface area contributed by atoms with E-state index in [9.17, 15) is 20.1 Å². The van der Waals surface area contributed by atoms with E-state index in [1.807, 2.05) is 37.4 Å². The molecule has 12 nitrogen and oxygen atoms in total. The van der Waals surface area contributed by atoms with Gasteiger partial charge in [-0.25, -0.2) is 0 Å². The Kier molecular flexibility index (Phi) is 19.0. The molecule has 1 spiro atoms. The number of aldehydes is 1. The Balaban J connectivity index is 1.42. The van der Waals surface area contributed by atoms with Crippen molar-refractivity contribution in [1.29, 1.82) is 0 Å². The highest BCUT2D eigenvalue weighted by Gasteiger charge is 2.49. The fourth-order valence-electron chi connectivity index (χ4n) is 12.1. The first-order valence-electron chi connectivity index (χ1n) is 25.5. The Morgan fingerprint density at radius 1 is 1.03 bits per heavy atom. The molecule has 12 heteroatoms. The van der Waals surface area contributed by atoms with Crippen molar-refractivity contribution in [2.75, 3.05) is 39.7 Å². The number of nitrogens with zero attached hydrogens (tertiary/aromatic N) is 1. The lowest BCUT2D eigenvalue weighted by atomic mass is 9.65. The molecule has 3 fully saturated rings. The van der Waals surface area contributed by atoms with Crippen LogP contribution in [0.1, 0.15) is 153 Å². The van der Waals surface area contributed by atoms with Crippen molar-refractivity contribution in [2.45, 2.75) is 166 Å². The van der Waals surface area contributed by atoms with Gasteiger partial charge in [-0.05, 0) is 143 Å². The summed E-state index contributed by atoms with van der Waals surface area (Å²) in [5, 5.41) is 43.6. The number of ketones is 1. The Morgan fingerprint density at radius 2 is 1.85 bits per heavy atom. The minimum absolute atomic E-state index is 0.0134. The number of ether oxygens (including phenoxy) is 3. The highest BCUT2D eigenvalue weighted by Crippen LogP contribution is 2.54. The number of nitrogens with one attached hydrogen (secondary N) is 3. The third-order valence-corrected chi connectivity index (χ3v) is 15.9. The molecule has 2 bridgehead atoms. The van der Waals surface area contributed by atoms with Gasteiger partial charge in [0, 0.05) is 56.3 Å². The molecule has 6 rings (SSSR count). The number of unbranched alkanes of at least 4 members (excludes halogenated alkanes) is 3. The lowest BCUT2D eigenvalue weighted by Crippen LogP contribution is -2.43. The number of guanidine groups is 1. The molecule has 0 saturated heterocycles. The highest BCUT2D eigenvalue weighted by molar-refractivity contribution is 5.97. The summed E-state index contributed by atoms with van der Waals surface area (Å²) in [5.74, 6) is 4.90. The third kappa shape index (κ3) is 12.8. The predicted molar refractivity (Wildman–Crippen MR) is 266 cm³/mol. The number of carbonyl (C=O) groups is 2. The van der Waals surface area contributed by atoms with Crippen LogP contribution in [0.4, 0.5) is 5.69 Å².